The molecule has 2 saturated heterocycles. The van der Waals surface area contributed by atoms with Gasteiger partial charge in [0.25, 0.3) is 5.91 Å². The van der Waals surface area contributed by atoms with Crippen molar-refractivity contribution in [2.45, 2.75) is 44.7 Å². The van der Waals surface area contributed by atoms with Crippen molar-refractivity contribution in [2.75, 3.05) is 36.5 Å². The number of urea groups is 1. The number of carbonyl (C=O) groups is 3. The van der Waals surface area contributed by atoms with Crippen molar-refractivity contribution in [3.05, 3.63) is 96.1 Å². The molecule has 3 aromatic carbocycles. The minimum atomic E-state index is -0.800. The first-order chi connectivity index (χ1) is 19.4. The van der Waals surface area contributed by atoms with Gasteiger partial charge in [-0.15, -0.1) is 0 Å². The van der Waals surface area contributed by atoms with E-state index in [-0.39, 0.29) is 30.4 Å². The molecule has 2 N–H and O–H groups in total. The number of anilines is 2. The molecule has 2 fully saturated rings. The Morgan fingerprint density at radius 1 is 0.925 bits per heavy atom. The van der Waals surface area contributed by atoms with Gasteiger partial charge in [0.15, 0.2) is 0 Å². The summed E-state index contributed by atoms with van der Waals surface area (Å²) in [4.78, 5) is 45.6. The summed E-state index contributed by atoms with van der Waals surface area (Å²) in [6.45, 7) is 5.22. The highest BCUT2D eigenvalue weighted by molar-refractivity contribution is 5.97. The van der Waals surface area contributed by atoms with Gasteiger partial charge in [-0.2, -0.15) is 0 Å². The SMILES string of the molecule is CCc1cccc(NC(=O)N2CCC3(CC2)C(=O)N(CC(=O)N[C@H](C)c2ccccc2)CN3c2ccccc2)c1. The van der Waals surface area contributed by atoms with E-state index in [0.717, 1.165) is 28.9 Å². The first kappa shape index (κ1) is 27.2. The van der Waals surface area contributed by atoms with Gasteiger partial charge in [-0.25, -0.2) is 4.79 Å². The number of carbonyl (C=O) groups excluding carboxylic acids is 3. The van der Waals surface area contributed by atoms with E-state index in [1.165, 1.54) is 0 Å². The Labute approximate surface area is 236 Å². The summed E-state index contributed by atoms with van der Waals surface area (Å²) < 4.78 is 0. The van der Waals surface area contributed by atoms with E-state index in [1.807, 2.05) is 91.9 Å². The second-order valence-corrected chi connectivity index (χ2v) is 10.6. The normalized spacial score (nSPS) is 17.1. The van der Waals surface area contributed by atoms with Crippen LogP contribution >= 0.6 is 0 Å². The third-order valence-corrected chi connectivity index (χ3v) is 8.06. The van der Waals surface area contributed by atoms with E-state index in [4.69, 9.17) is 0 Å². The number of hydrogen-bond donors (Lipinski definition) is 2. The molecular formula is C32H37N5O3. The van der Waals surface area contributed by atoms with Crippen molar-refractivity contribution < 1.29 is 14.4 Å². The van der Waals surface area contributed by atoms with Gasteiger partial charge in [-0.1, -0.05) is 67.6 Å². The third-order valence-electron chi connectivity index (χ3n) is 8.06. The molecule has 0 radical (unpaired) electrons. The fourth-order valence-electron chi connectivity index (χ4n) is 5.76. The molecular weight excluding hydrogens is 502 g/mol. The third kappa shape index (κ3) is 5.66. The Bertz CT molecular complexity index is 1340. The highest BCUT2D eigenvalue weighted by atomic mass is 16.2. The molecule has 2 aliphatic heterocycles. The van der Waals surface area contributed by atoms with Crippen LogP contribution in [-0.2, 0) is 16.0 Å². The highest BCUT2D eigenvalue weighted by Crippen LogP contribution is 2.39. The number of amides is 4. The summed E-state index contributed by atoms with van der Waals surface area (Å²) in [7, 11) is 0. The van der Waals surface area contributed by atoms with Crippen LogP contribution in [0.5, 0.6) is 0 Å². The van der Waals surface area contributed by atoms with Crippen molar-refractivity contribution in [3.8, 4) is 0 Å². The van der Waals surface area contributed by atoms with Crippen LogP contribution in [0.1, 0.15) is 43.9 Å². The van der Waals surface area contributed by atoms with E-state index in [0.29, 0.717) is 32.6 Å². The average molecular weight is 540 g/mol. The first-order valence-corrected chi connectivity index (χ1v) is 14.0. The lowest BCUT2D eigenvalue weighted by molar-refractivity contribution is -0.137. The van der Waals surface area contributed by atoms with Crippen LogP contribution in [0.25, 0.3) is 0 Å². The van der Waals surface area contributed by atoms with Gasteiger partial charge in [0.05, 0.1) is 12.7 Å². The molecule has 208 valence electrons. The monoisotopic (exact) mass is 539 g/mol. The van der Waals surface area contributed by atoms with Gasteiger partial charge in [-0.05, 0) is 61.6 Å². The largest absolute Gasteiger partial charge is 0.348 e. The van der Waals surface area contributed by atoms with Gasteiger partial charge < -0.3 is 25.3 Å². The van der Waals surface area contributed by atoms with Gasteiger partial charge in [-0.3, -0.25) is 9.59 Å². The molecule has 8 nitrogen and oxygen atoms in total. The second kappa shape index (κ2) is 11.8. The van der Waals surface area contributed by atoms with Crippen molar-refractivity contribution in [2.24, 2.45) is 0 Å². The molecule has 3 aromatic rings. The molecule has 2 aliphatic rings. The van der Waals surface area contributed by atoms with Crippen LogP contribution in [0.4, 0.5) is 16.2 Å². The van der Waals surface area contributed by atoms with E-state index in [9.17, 15) is 14.4 Å². The lowest BCUT2D eigenvalue weighted by Gasteiger charge is -2.43. The Hall–Kier alpha value is -4.33. The zero-order chi connectivity index (χ0) is 28.1. The lowest BCUT2D eigenvalue weighted by atomic mass is 9.85. The van der Waals surface area contributed by atoms with E-state index in [2.05, 4.69) is 22.5 Å². The molecule has 0 saturated carbocycles. The number of nitrogens with one attached hydrogen (secondary N) is 2. The second-order valence-electron chi connectivity index (χ2n) is 10.6. The number of aryl methyl sites for hydroxylation is 1. The van der Waals surface area contributed by atoms with Gasteiger partial charge >= 0.3 is 6.03 Å². The van der Waals surface area contributed by atoms with Crippen molar-refractivity contribution >= 4 is 29.2 Å². The molecule has 8 heteroatoms. The summed E-state index contributed by atoms with van der Waals surface area (Å²) >= 11 is 0. The maximum Gasteiger partial charge on any atom is 0.321 e. The number of hydrogen-bond acceptors (Lipinski definition) is 4. The smallest absolute Gasteiger partial charge is 0.321 e. The van der Waals surface area contributed by atoms with E-state index >= 15 is 0 Å². The molecule has 5 rings (SSSR count). The van der Waals surface area contributed by atoms with Crippen molar-refractivity contribution in [3.63, 3.8) is 0 Å². The Morgan fingerprint density at radius 2 is 1.60 bits per heavy atom. The van der Waals surface area contributed by atoms with Crippen LogP contribution < -0.4 is 15.5 Å². The maximum absolute atomic E-state index is 14.0. The summed E-state index contributed by atoms with van der Waals surface area (Å²) in [6.07, 6.45) is 1.87. The van der Waals surface area contributed by atoms with Crippen LogP contribution in [0.3, 0.4) is 0 Å². The van der Waals surface area contributed by atoms with Crippen LogP contribution in [-0.4, -0.2) is 59.5 Å². The van der Waals surface area contributed by atoms with E-state index in [1.54, 1.807) is 9.80 Å². The zero-order valence-electron chi connectivity index (χ0n) is 23.2. The summed E-state index contributed by atoms with van der Waals surface area (Å²) in [5, 5.41) is 6.04. The maximum atomic E-state index is 14.0. The number of benzene rings is 3. The Kier molecular flexibility index (Phi) is 8.05. The molecule has 0 aromatic heterocycles. The fourth-order valence-corrected chi connectivity index (χ4v) is 5.76. The molecule has 4 amide bonds. The highest BCUT2D eigenvalue weighted by Gasteiger charge is 2.54. The molecule has 40 heavy (non-hydrogen) atoms. The minimum absolute atomic E-state index is 0.0148. The van der Waals surface area contributed by atoms with Crippen molar-refractivity contribution in [1.82, 2.24) is 15.1 Å². The summed E-state index contributed by atoms with van der Waals surface area (Å²) in [6, 6.07) is 27.2. The average Bonchev–Trinajstić information content (AvgIpc) is 3.24. The molecule has 0 aliphatic carbocycles. The number of piperidine rings is 1. The van der Waals surface area contributed by atoms with Crippen LogP contribution in [0.2, 0.25) is 0 Å². The number of nitrogens with zero attached hydrogens (tertiary/aromatic N) is 3. The minimum Gasteiger partial charge on any atom is -0.348 e. The molecule has 0 bridgehead atoms. The predicted molar refractivity (Wildman–Crippen MR) is 157 cm³/mol. The quantitative estimate of drug-likeness (QED) is 0.452. The zero-order valence-corrected chi connectivity index (χ0v) is 23.2. The first-order valence-electron chi connectivity index (χ1n) is 14.0. The molecule has 1 atom stereocenters. The lowest BCUT2D eigenvalue weighted by Crippen LogP contribution is -2.58. The predicted octanol–water partition coefficient (Wildman–Crippen LogP) is 4.80. The molecule has 1 spiro atoms. The standard InChI is InChI=1S/C32H37N5O3/c1-3-25-11-10-14-27(21-25)34-31(40)35-19-17-32(18-20-35)30(39)36(23-37(32)28-15-8-5-9-16-28)22-29(38)33-24(2)26-12-6-4-7-13-26/h4-16,21,24H,3,17-20,22-23H2,1-2H3,(H,33,38)(H,34,40)/t24-/m1/s1. The van der Waals surface area contributed by atoms with Crippen LogP contribution in [0, 0.1) is 0 Å². The molecule has 2 heterocycles. The fraction of sp³-hybridized carbons (Fsp3) is 0.344. The summed E-state index contributed by atoms with van der Waals surface area (Å²) in [5.41, 5.74) is 3.08. The molecule has 0 unspecified atom stereocenters. The van der Waals surface area contributed by atoms with Gasteiger partial charge in [0, 0.05) is 24.5 Å². The Balaban J connectivity index is 1.28. The Morgan fingerprint density at radius 3 is 2.27 bits per heavy atom. The van der Waals surface area contributed by atoms with Gasteiger partial charge in [0.2, 0.25) is 5.91 Å². The van der Waals surface area contributed by atoms with Crippen LogP contribution in [0.15, 0.2) is 84.9 Å². The topological polar surface area (TPSA) is 85.0 Å². The number of likely N-dealkylation sites (tertiary alicyclic amines) is 1. The van der Waals surface area contributed by atoms with Gasteiger partial charge in [0.1, 0.15) is 12.1 Å². The van der Waals surface area contributed by atoms with Crippen molar-refractivity contribution in [1.29, 1.82) is 0 Å². The number of rotatable bonds is 7. The van der Waals surface area contributed by atoms with E-state index < -0.39 is 5.54 Å². The number of para-hydroxylation sites is 1. The summed E-state index contributed by atoms with van der Waals surface area (Å²) in [5.74, 6) is -0.254.